The van der Waals surface area contributed by atoms with E-state index in [1.165, 1.54) is 14.7 Å². The van der Waals surface area contributed by atoms with Crippen LogP contribution in [-0.4, -0.2) is 15.4 Å². The maximum atomic E-state index is 5.93. The highest BCUT2D eigenvalue weighted by Gasteiger charge is 2.13. The van der Waals surface area contributed by atoms with Gasteiger partial charge in [0.25, 0.3) is 0 Å². The van der Waals surface area contributed by atoms with Gasteiger partial charge in [0.15, 0.2) is 0 Å². The first-order chi connectivity index (χ1) is 9.70. The molecule has 0 unspecified atom stereocenters. The number of hydrogen-bond donors (Lipinski definition) is 0. The van der Waals surface area contributed by atoms with Crippen LogP contribution in [0.1, 0.15) is 11.4 Å². The highest BCUT2D eigenvalue weighted by molar-refractivity contribution is 14.1. The van der Waals surface area contributed by atoms with E-state index in [1.54, 1.807) is 0 Å². The molecular formula is C16H14ClIN2. The van der Waals surface area contributed by atoms with Crippen LogP contribution >= 0.6 is 34.2 Å². The summed E-state index contributed by atoms with van der Waals surface area (Å²) in [6.45, 7) is 2.12. The maximum Gasteiger partial charge on any atom is 0.115 e. The summed E-state index contributed by atoms with van der Waals surface area (Å²) in [4.78, 5) is 4.74. The topological polar surface area (TPSA) is 17.8 Å². The predicted octanol–water partition coefficient (Wildman–Crippen LogP) is 4.72. The Kier molecular flexibility index (Phi) is 3.98. The summed E-state index contributed by atoms with van der Waals surface area (Å²) in [5, 5.41) is 0. The molecule has 2 nitrogen and oxygen atoms in total. The minimum Gasteiger partial charge on any atom is -0.296 e. The fourth-order valence-corrected chi connectivity index (χ4v) is 2.99. The second-order valence-electron chi connectivity index (χ2n) is 4.72. The van der Waals surface area contributed by atoms with E-state index in [-0.39, 0.29) is 0 Å². The average molecular weight is 397 g/mol. The number of imidazole rings is 1. The summed E-state index contributed by atoms with van der Waals surface area (Å²) in [7, 11) is 0. The fourth-order valence-electron chi connectivity index (χ4n) is 2.46. The van der Waals surface area contributed by atoms with Crippen molar-refractivity contribution in [3.05, 3.63) is 57.4 Å². The van der Waals surface area contributed by atoms with Crippen molar-refractivity contribution in [1.29, 1.82) is 0 Å². The zero-order chi connectivity index (χ0) is 14.1. The summed E-state index contributed by atoms with van der Waals surface area (Å²) in [5.41, 5.74) is 4.58. The van der Waals surface area contributed by atoms with E-state index in [4.69, 9.17) is 16.6 Å². The Morgan fingerprint density at radius 1 is 1.15 bits per heavy atom. The molecule has 1 heterocycles. The van der Waals surface area contributed by atoms with Crippen LogP contribution in [0.5, 0.6) is 0 Å². The normalized spacial score (nSPS) is 11.2. The van der Waals surface area contributed by atoms with Gasteiger partial charge in [-0.3, -0.25) is 4.57 Å². The standard InChI is InChI=1S/C16H14ClIN2/c1-11-3-2-4-14-16(11)20(15(19-14)9-10-17)13-7-5-12(18)6-8-13/h2-8H,9-10H2,1H3. The zero-order valence-corrected chi connectivity index (χ0v) is 14.0. The number of aromatic nitrogens is 2. The molecule has 102 valence electrons. The number of hydrogen-bond acceptors (Lipinski definition) is 1. The molecule has 0 bridgehead atoms. The quantitative estimate of drug-likeness (QED) is 0.463. The van der Waals surface area contributed by atoms with Crippen LogP contribution in [0.4, 0.5) is 0 Å². The van der Waals surface area contributed by atoms with Crippen molar-refractivity contribution >= 4 is 45.2 Å². The van der Waals surface area contributed by atoms with Crippen LogP contribution in [0.3, 0.4) is 0 Å². The van der Waals surface area contributed by atoms with Gasteiger partial charge in [-0.1, -0.05) is 12.1 Å². The molecule has 20 heavy (non-hydrogen) atoms. The summed E-state index contributed by atoms with van der Waals surface area (Å²) in [5.74, 6) is 1.60. The molecule has 0 atom stereocenters. The van der Waals surface area contributed by atoms with Crippen LogP contribution in [0, 0.1) is 10.5 Å². The maximum absolute atomic E-state index is 5.93. The minimum atomic E-state index is 0.576. The molecule has 2 aromatic carbocycles. The molecule has 0 aliphatic heterocycles. The van der Waals surface area contributed by atoms with Crippen LogP contribution in [0.25, 0.3) is 16.7 Å². The van der Waals surface area contributed by atoms with Crippen molar-refractivity contribution in [1.82, 2.24) is 9.55 Å². The number of alkyl halides is 1. The van der Waals surface area contributed by atoms with Gasteiger partial charge in [-0.05, 0) is 65.4 Å². The van der Waals surface area contributed by atoms with Gasteiger partial charge in [0, 0.05) is 21.6 Å². The van der Waals surface area contributed by atoms with E-state index in [1.807, 2.05) is 6.07 Å². The van der Waals surface area contributed by atoms with Crippen molar-refractivity contribution < 1.29 is 0 Å². The van der Waals surface area contributed by atoms with E-state index in [9.17, 15) is 0 Å². The van der Waals surface area contributed by atoms with Gasteiger partial charge in [0.05, 0.1) is 11.0 Å². The number of halogens is 2. The van der Waals surface area contributed by atoms with Crippen molar-refractivity contribution in [2.45, 2.75) is 13.3 Å². The molecule has 0 radical (unpaired) electrons. The molecular weight excluding hydrogens is 383 g/mol. The summed E-state index contributed by atoms with van der Waals surface area (Å²) in [6, 6.07) is 14.7. The van der Waals surface area contributed by atoms with Crippen molar-refractivity contribution in [3.8, 4) is 5.69 Å². The first-order valence-corrected chi connectivity index (χ1v) is 8.11. The van der Waals surface area contributed by atoms with E-state index in [0.717, 1.165) is 23.4 Å². The first-order valence-electron chi connectivity index (χ1n) is 6.49. The molecule has 0 aliphatic rings. The fraction of sp³-hybridized carbons (Fsp3) is 0.188. The number of benzene rings is 2. The average Bonchev–Trinajstić information content (AvgIpc) is 2.80. The van der Waals surface area contributed by atoms with Crippen molar-refractivity contribution in [2.24, 2.45) is 0 Å². The lowest BCUT2D eigenvalue weighted by molar-refractivity contribution is 0.910. The largest absolute Gasteiger partial charge is 0.296 e. The smallest absolute Gasteiger partial charge is 0.115 e. The van der Waals surface area contributed by atoms with Gasteiger partial charge in [0.1, 0.15) is 5.82 Å². The monoisotopic (exact) mass is 396 g/mol. The van der Waals surface area contributed by atoms with Crippen LogP contribution in [-0.2, 0) is 6.42 Å². The number of rotatable bonds is 3. The number of para-hydroxylation sites is 1. The Morgan fingerprint density at radius 3 is 2.60 bits per heavy atom. The Bertz CT molecular complexity index is 747. The van der Waals surface area contributed by atoms with Gasteiger partial charge in [-0.15, -0.1) is 11.6 Å². The number of fused-ring (bicyclic) bond motifs is 1. The van der Waals surface area contributed by atoms with Gasteiger partial charge < -0.3 is 0 Å². The molecule has 1 aromatic heterocycles. The lowest BCUT2D eigenvalue weighted by Crippen LogP contribution is -2.02. The summed E-state index contributed by atoms with van der Waals surface area (Å²) < 4.78 is 3.45. The lowest BCUT2D eigenvalue weighted by atomic mass is 10.2. The van der Waals surface area contributed by atoms with E-state index in [2.05, 4.69) is 70.5 Å². The highest BCUT2D eigenvalue weighted by Crippen LogP contribution is 2.25. The molecule has 0 fully saturated rings. The SMILES string of the molecule is Cc1cccc2nc(CCCl)n(-c3ccc(I)cc3)c12. The first kappa shape index (κ1) is 13.9. The molecule has 3 aromatic rings. The third kappa shape index (κ3) is 2.44. The van der Waals surface area contributed by atoms with Gasteiger partial charge >= 0.3 is 0 Å². The molecule has 0 aliphatic carbocycles. The summed E-state index contributed by atoms with van der Waals surface area (Å²) in [6.07, 6.45) is 0.766. The Labute approximate surface area is 136 Å². The van der Waals surface area contributed by atoms with Gasteiger partial charge in [-0.2, -0.15) is 0 Å². The predicted molar refractivity (Wildman–Crippen MR) is 92.9 cm³/mol. The van der Waals surface area contributed by atoms with Crippen LogP contribution in [0.2, 0.25) is 0 Å². The van der Waals surface area contributed by atoms with Crippen molar-refractivity contribution in [3.63, 3.8) is 0 Å². The molecule has 0 saturated carbocycles. The van der Waals surface area contributed by atoms with E-state index in [0.29, 0.717) is 5.88 Å². The third-order valence-electron chi connectivity index (χ3n) is 3.35. The molecule has 4 heteroatoms. The van der Waals surface area contributed by atoms with Crippen molar-refractivity contribution in [2.75, 3.05) is 5.88 Å². The highest BCUT2D eigenvalue weighted by atomic mass is 127. The summed E-state index contributed by atoms with van der Waals surface area (Å²) >= 11 is 8.25. The Balaban J connectivity index is 2.30. The second kappa shape index (κ2) is 5.74. The second-order valence-corrected chi connectivity index (χ2v) is 6.35. The van der Waals surface area contributed by atoms with E-state index < -0.39 is 0 Å². The van der Waals surface area contributed by atoms with E-state index >= 15 is 0 Å². The Morgan fingerprint density at radius 2 is 1.90 bits per heavy atom. The molecule has 3 rings (SSSR count). The van der Waals surface area contributed by atoms with Crippen LogP contribution in [0.15, 0.2) is 42.5 Å². The lowest BCUT2D eigenvalue weighted by Gasteiger charge is -2.10. The molecule has 0 amide bonds. The van der Waals surface area contributed by atoms with Gasteiger partial charge in [0.2, 0.25) is 0 Å². The third-order valence-corrected chi connectivity index (χ3v) is 4.26. The van der Waals surface area contributed by atoms with Gasteiger partial charge in [-0.25, -0.2) is 4.98 Å². The molecule has 0 N–H and O–H groups in total. The molecule has 0 saturated heterocycles. The number of nitrogens with zero attached hydrogens (tertiary/aromatic N) is 2. The number of aryl methyl sites for hydroxylation is 2. The molecule has 0 spiro atoms. The Hall–Kier alpha value is -1.07. The zero-order valence-electron chi connectivity index (χ0n) is 11.1. The van der Waals surface area contributed by atoms with Crippen LogP contribution < -0.4 is 0 Å². The minimum absolute atomic E-state index is 0.576.